The molecule has 4 rings (SSSR count). The van der Waals surface area contributed by atoms with Crippen molar-refractivity contribution in [2.75, 3.05) is 6.54 Å². The molecule has 1 atom stereocenters. The van der Waals surface area contributed by atoms with Crippen molar-refractivity contribution in [3.8, 4) is 0 Å². The summed E-state index contributed by atoms with van der Waals surface area (Å²) >= 11 is 0. The molecule has 1 aliphatic heterocycles. The average Bonchev–Trinajstić information content (AvgIpc) is 3.11. The van der Waals surface area contributed by atoms with Gasteiger partial charge in [-0.05, 0) is 54.2 Å². The summed E-state index contributed by atoms with van der Waals surface area (Å²) in [5.41, 5.74) is 6.61. The SMILES string of the molecule is Cc1cc(C=CCC2CC(c3ccccc3)=CCN2)c2cc[nH]c2c1. The van der Waals surface area contributed by atoms with Crippen LogP contribution in [0.2, 0.25) is 0 Å². The van der Waals surface area contributed by atoms with Gasteiger partial charge in [-0.15, -0.1) is 0 Å². The van der Waals surface area contributed by atoms with Crippen LogP contribution in [0.25, 0.3) is 22.6 Å². The molecule has 0 saturated heterocycles. The van der Waals surface area contributed by atoms with Gasteiger partial charge in [0.1, 0.15) is 0 Å². The van der Waals surface area contributed by atoms with E-state index in [9.17, 15) is 0 Å². The van der Waals surface area contributed by atoms with Crippen molar-refractivity contribution in [1.82, 2.24) is 10.3 Å². The summed E-state index contributed by atoms with van der Waals surface area (Å²) in [4.78, 5) is 3.31. The number of hydrogen-bond donors (Lipinski definition) is 2. The first-order valence-electron chi connectivity index (χ1n) is 9.02. The van der Waals surface area contributed by atoms with E-state index in [1.165, 1.54) is 33.2 Å². The van der Waals surface area contributed by atoms with Gasteiger partial charge in [0, 0.05) is 29.7 Å². The molecule has 0 fully saturated rings. The van der Waals surface area contributed by atoms with Gasteiger partial charge in [0.05, 0.1) is 0 Å². The molecule has 0 spiro atoms. The fraction of sp³-hybridized carbons (Fsp3) is 0.217. The highest BCUT2D eigenvalue weighted by molar-refractivity contribution is 5.89. The molecular formula is C23H24N2. The van der Waals surface area contributed by atoms with Gasteiger partial charge in [0.15, 0.2) is 0 Å². The molecule has 1 aliphatic rings. The Morgan fingerprint density at radius 1 is 1.12 bits per heavy atom. The molecule has 1 unspecified atom stereocenters. The summed E-state index contributed by atoms with van der Waals surface area (Å²) in [7, 11) is 0. The van der Waals surface area contributed by atoms with Gasteiger partial charge < -0.3 is 10.3 Å². The Bertz CT molecular complexity index is 916. The maximum absolute atomic E-state index is 3.61. The molecule has 2 heterocycles. The van der Waals surface area contributed by atoms with Crippen LogP contribution in [-0.4, -0.2) is 17.6 Å². The number of hydrogen-bond acceptors (Lipinski definition) is 1. The Morgan fingerprint density at radius 3 is 2.88 bits per heavy atom. The van der Waals surface area contributed by atoms with Crippen LogP contribution in [0.1, 0.15) is 29.5 Å². The van der Waals surface area contributed by atoms with Gasteiger partial charge in [0.2, 0.25) is 0 Å². The molecular weight excluding hydrogens is 304 g/mol. The molecule has 0 amide bonds. The number of nitrogens with one attached hydrogen (secondary N) is 2. The second-order valence-corrected chi connectivity index (χ2v) is 6.84. The zero-order valence-electron chi connectivity index (χ0n) is 14.6. The Balaban J connectivity index is 1.45. The van der Waals surface area contributed by atoms with E-state index in [0.29, 0.717) is 6.04 Å². The lowest BCUT2D eigenvalue weighted by molar-refractivity contribution is 0.542. The monoisotopic (exact) mass is 328 g/mol. The van der Waals surface area contributed by atoms with Crippen molar-refractivity contribution in [3.05, 3.63) is 83.6 Å². The van der Waals surface area contributed by atoms with Crippen molar-refractivity contribution >= 4 is 22.6 Å². The summed E-state index contributed by atoms with van der Waals surface area (Å²) < 4.78 is 0. The Kier molecular flexibility index (Phi) is 4.53. The lowest BCUT2D eigenvalue weighted by Crippen LogP contribution is -2.32. The number of H-pyrrole nitrogens is 1. The molecule has 2 nitrogen and oxygen atoms in total. The van der Waals surface area contributed by atoms with E-state index in [2.05, 4.69) is 84.0 Å². The molecule has 2 heteroatoms. The molecule has 3 aromatic rings. The molecule has 0 bridgehead atoms. The lowest BCUT2D eigenvalue weighted by atomic mass is 9.93. The van der Waals surface area contributed by atoms with E-state index in [-0.39, 0.29) is 0 Å². The van der Waals surface area contributed by atoms with Crippen LogP contribution < -0.4 is 5.32 Å². The smallest absolute Gasteiger partial charge is 0.0462 e. The minimum Gasteiger partial charge on any atom is -0.361 e. The highest BCUT2D eigenvalue weighted by Crippen LogP contribution is 2.25. The van der Waals surface area contributed by atoms with Crippen molar-refractivity contribution in [2.24, 2.45) is 0 Å². The Hall–Kier alpha value is -2.58. The molecule has 25 heavy (non-hydrogen) atoms. The van der Waals surface area contributed by atoms with Crippen LogP contribution in [0.15, 0.2) is 66.9 Å². The largest absolute Gasteiger partial charge is 0.361 e. The zero-order valence-corrected chi connectivity index (χ0v) is 14.6. The molecule has 0 radical (unpaired) electrons. The summed E-state index contributed by atoms with van der Waals surface area (Å²) in [6, 6.07) is 17.8. The van der Waals surface area contributed by atoms with Gasteiger partial charge in [-0.2, -0.15) is 0 Å². The van der Waals surface area contributed by atoms with E-state index in [0.717, 1.165) is 19.4 Å². The van der Waals surface area contributed by atoms with Crippen LogP contribution >= 0.6 is 0 Å². The van der Waals surface area contributed by atoms with Gasteiger partial charge in [-0.25, -0.2) is 0 Å². The minimum atomic E-state index is 0.503. The molecule has 2 aromatic carbocycles. The molecule has 1 aromatic heterocycles. The second kappa shape index (κ2) is 7.12. The summed E-state index contributed by atoms with van der Waals surface area (Å²) in [5, 5.41) is 4.91. The van der Waals surface area contributed by atoms with Gasteiger partial charge in [0.25, 0.3) is 0 Å². The van der Waals surface area contributed by atoms with Crippen LogP contribution in [0.5, 0.6) is 0 Å². The van der Waals surface area contributed by atoms with E-state index >= 15 is 0 Å². The second-order valence-electron chi connectivity index (χ2n) is 6.84. The highest BCUT2D eigenvalue weighted by Gasteiger charge is 2.14. The topological polar surface area (TPSA) is 27.8 Å². The normalized spacial score (nSPS) is 18.0. The van der Waals surface area contributed by atoms with E-state index in [1.54, 1.807) is 0 Å². The number of benzene rings is 2. The van der Waals surface area contributed by atoms with Gasteiger partial charge in [-0.1, -0.05) is 54.6 Å². The fourth-order valence-electron chi connectivity index (χ4n) is 3.67. The van der Waals surface area contributed by atoms with Crippen LogP contribution in [0, 0.1) is 6.92 Å². The minimum absolute atomic E-state index is 0.503. The number of fused-ring (bicyclic) bond motifs is 1. The van der Waals surface area contributed by atoms with Crippen molar-refractivity contribution in [1.29, 1.82) is 0 Å². The number of aryl methyl sites for hydroxylation is 1. The third-order valence-electron chi connectivity index (χ3n) is 4.93. The van der Waals surface area contributed by atoms with Crippen LogP contribution in [0.4, 0.5) is 0 Å². The third kappa shape index (κ3) is 3.59. The number of rotatable bonds is 4. The summed E-state index contributed by atoms with van der Waals surface area (Å²) in [6.07, 6.45) is 11.0. The fourth-order valence-corrected chi connectivity index (χ4v) is 3.67. The lowest BCUT2D eigenvalue weighted by Gasteiger charge is -2.23. The standard InChI is InChI=1S/C23H24N2/c1-17-14-20(22-11-13-25-23(22)15-17)8-5-9-21-16-19(10-12-24-21)18-6-3-2-4-7-18/h2-8,10-11,13-15,21,24-25H,9,12,16H2,1H3. The van der Waals surface area contributed by atoms with Gasteiger partial charge in [-0.3, -0.25) is 0 Å². The van der Waals surface area contributed by atoms with Crippen molar-refractivity contribution < 1.29 is 0 Å². The maximum atomic E-state index is 3.61. The zero-order chi connectivity index (χ0) is 17.1. The Morgan fingerprint density at radius 2 is 2.00 bits per heavy atom. The predicted octanol–water partition coefficient (Wildman–Crippen LogP) is 5.33. The summed E-state index contributed by atoms with van der Waals surface area (Å²) in [6.45, 7) is 3.10. The highest BCUT2D eigenvalue weighted by atomic mass is 14.9. The van der Waals surface area contributed by atoms with Crippen molar-refractivity contribution in [3.63, 3.8) is 0 Å². The number of aromatic nitrogens is 1. The first-order valence-corrected chi connectivity index (χ1v) is 9.02. The first kappa shape index (κ1) is 15.9. The predicted molar refractivity (Wildman–Crippen MR) is 108 cm³/mol. The van der Waals surface area contributed by atoms with Crippen LogP contribution in [-0.2, 0) is 0 Å². The van der Waals surface area contributed by atoms with E-state index in [1.807, 2.05) is 6.20 Å². The van der Waals surface area contributed by atoms with Crippen molar-refractivity contribution in [2.45, 2.75) is 25.8 Å². The average molecular weight is 328 g/mol. The first-order chi connectivity index (χ1) is 12.3. The number of aromatic amines is 1. The molecule has 2 N–H and O–H groups in total. The Labute approximate surface area is 149 Å². The molecule has 126 valence electrons. The molecule has 0 aliphatic carbocycles. The van der Waals surface area contributed by atoms with Crippen LogP contribution in [0.3, 0.4) is 0 Å². The maximum Gasteiger partial charge on any atom is 0.0462 e. The third-order valence-corrected chi connectivity index (χ3v) is 4.93. The molecule has 0 saturated carbocycles. The van der Waals surface area contributed by atoms with E-state index < -0.39 is 0 Å². The quantitative estimate of drug-likeness (QED) is 0.666. The van der Waals surface area contributed by atoms with E-state index in [4.69, 9.17) is 0 Å². The van der Waals surface area contributed by atoms with Gasteiger partial charge >= 0.3 is 0 Å². The summed E-state index contributed by atoms with van der Waals surface area (Å²) in [5.74, 6) is 0.